The summed E-state index contributed by atoms with van der Waals surface area (Å²) in [5.74, 6) is 0.371. The van der Waals surface area contributed by atoms with Crippen LogP contribution < -0.4 is 14.4 Å². The molecule has 0 spiro atoms. The zero-order valence-corrected chi connectivity index (χ0v) is 18.1. The minimum atomic E-state index is -3.60. The van der Waals surface area contributed by atoms with Gasteiger partial charge in [0.05, 0.1) is 18.0 Å². The van der Waals surface area contributed by atoms with Crippen LogP contribution in [-0.2, 0) is 14.8 Å². The number of sulfonamides is 1. The number of carbonyl (C=O) groups is 1. The summed E-state index contributed by atoms with van der Waals surface area (Å²) in [4.78, 5) is 13.4. The fourth-order valence-corrected chi connectivity index (χ4v) is 3.89. The molecule has 0 aromatic heterocycles. The van der Waals surface area contributed by atoms with Gasteiger partial charge < -0.3 is 10.1 Å². The van der Waals surface area contributed by atoms with Crippen molar-refractivity contribution in [2.75, 3.05) is 30.0 Å². The number of hydrogen-bond donors (Lipinski definition) is 1. The molecule has 2 aromatic carbocycles. The second-order valence-corrected chi connectivity index (χ2v) is 9.30. The van der Waals surface area contributed by atoms with E-state index < -0.39 is 10.0 Å². The van der Waals surface area contributed by atoms with Gasteiger partial charge in [0.15, 0.2) is 0 Å². The summed E-state index contributed by atoms with van der Waals surface area (Å²) in [7, 11) is -3.60. The number of nitrogens with zero attached hydrogens (tertiary/aromatic N) is 1. The molecular weight excluding hydrogens is 396 g/mol. The van der Waals surface area contributed by atoms with E-state index >= 15 is 0 Å². The summed E-state index contributed by atoms with van der Waals surface area (Å²) in [5.41, 5.74) is 1.48. The van der Waals surface area contributed by atoms with Crippen LogP contribution in [0.5, 0.6) is 5.75 Å². The molecule has 0 aliphatic rings. The Kier molecular flexibility index (Phi) is 7.77. The largest absolute Gasteiger partial charge is 0.491 e. The standard InChI is InChI=1S/C20H26N2O4S2/c1-15-8-5-6-11-19(15)26-14-16(2)21-20(23)13-22(28(4,24)25)17-9-7-10-18(12-17)27-3/h5-12,16H,13-14H2,1-4H3,(H,21,23). The second kappa shape index (κ2) is 9.84. The highest BCUT2D eigenvalue weighted by Gasteiger charge is 2.22. The summed E-state index contributed by atoms with van der Waals surface area (Å²) >= 11 is 1.51. The minimum absolute atomic E-state index is 0.272. The van der Waals surface area contributed by atoms with E-state index in [2.05, 4.69) is 5.32 Å². The zero-order chi connectivity index (χ0) is 20.7. The molecule has 1 atom stereocenters. The summed E-state index contributed by atoms with van der Waals surface area (Å²) in [5, 5.41) is 2.80. The predicted octanol–water partition coefficient (Wildman–Crippen LogP) is 3.07. The Bertz CT molecular complexity index is 916. The lowest BCUT2D eigenvalue weighted by Crippen LogP contribution is -2.44. The number of benzene rings is 2. The Morgan fingerprint density at radius 2 is 1.93 bits per heavy atom. The van der Waals surface area contributed by atoms with Gasteiger partial charge in [0.1, 0.15) is 18.9 Å². The number of para-hydroxylation sites is 1. The lowest BCUT2D eigenvalue weighted by molar-refractivity contribution is -0.120. The van der Waals surface area contributed by atoms with Crippen molar-refractivity contribution in [2.24, 2.45) is 0 Å². The molecule has 0 aliphatic heterocycles. The minimum Gasteiger partial charge on any atom is -0.491 e. The van der Waals surface area contributed by atoms with Gasteiger partial charge in [-0.3, -0.25) is 9.10 Å². The maximum absolute atomic E-state index is 12.4. The van der Waals surface area contributed by atoms with Crippen molar-refractivity contribution >= 4 is 33.4 Å². The van der Waals surface area contributed by atoms with Crippen LogP contribution >= 0.6 is 11.8 Å². The first kappa shape index (κ1) is 22.1. The molecule has 2 rings (SSSR count). The van der Waals surface area contributed by atoms with Crippen LogP contribution in [0.1, 0.15) is 12.5 Å². The lowest BCUT2D eigenvalue weighted by Gasteiger charge is -2.23. The Morgan fingerprint density at radius 1 is 1.21 bits per heavy atom. The molecule has 0 aliphatic carbocycles. The molecule has 0 radical (unpaired) electrons. The second-order valence-electron chi connectivity index (χ2n) is 6.52. The number of amides is 1. The fourth-order valence-electron chi connectivity index (χ4n) is 2.59. The summed E-state index contributed by atoms with van der Waals surface area (Å²) in [6.07, 6.45) is 3.00. The van der Waals surface area contributed by atoms with Gasteiger partial charge in [-0.15, -0.1) is 11.8 Å². The smallest absolute Gasteiger partial charge is 0.241 e. The van der Waals surface area contributed by atoms with Gasteiger partial charge in [-0.05, 0) is 49.9 Å². The van der Waals surface area contributed by atoms with Crippen LogP contribution in [0.3, 0.4) is 0 Å². The molecule has 152 valence electrons. The van der Waals surface area contributed by atoms with Gasteiger partial charge in [-0.2, -0.15) is 0 Å². The van der Waals surface area contributed by atoms with Crippen molar-refractivity contribution in [1.29, 1.82) is 0 Å². The van der Waals surface area contributed by atoms with E-state index in [0.29, 0.717) is 5.69 Å². The molecule has 6 nitrogen and oxygen atoms in total. The van der Waals surface area contributed by atoms with Crippen molar-refractivity contribution in [3.63, 3.8) is 0 Å². The number of hydrogen-bond acceptors (Lipinski definition) is 5. The topological polar surface area (TPSA) is 75.7 Å². The quantitative estimate of drug-likeness (QED) is 0.629. The van der Waals surface area contributed by atoms with Crippen LogP contribution in [0, 0.1) is 6.92 Å². The third-order valence-corrected chi connectivity index (χ3v) is 5.88. The Labute approximate surface area is 171 Å². The molecular formula is C20H26N2O4S2. The maximum Gasteiger partial charge on any atom is 0.241 e. The van der Waals surface area contributed by atoms with Gasteiger partial charge >= 0.3 is 0 Å². The summed E-state index contributed by atoms with van der Waals surface area (Å²) in [6.45, 7) is 3.77. The molecule has 1 unspecified atom stereocenters. The molecule has 0 heterocycles. The highest BCUT2D eigenvalue weighted by molar-refractivity contribution is 7.98. The first-order valence-corrected chi connectivity index (χ1v) is 11.9. The molecule has 8 heteroatoms. The van der Waals surface area contributed by atoms with Crippen LogP contribution in [0.4, 0.5) is 5.69 Å². The number of rotatable bonds is 9. The Balaban J connectivity index is 2.00. The van der Waals surface area contributed by atoms with Crippen molar-refractivity contribution in [2.45, 2.75) is 24.8 Å². The van der Waals surface area contributed by atoms with Gasteiger partial charge in [0.25, 0.3) is 0 Å². The predicted molar refractivity (Wildman–Crippen MR) is 115 cm³/mol. The molecule has 0 saturated carbocycles. The van der Waals surface area contributed by atoms with Crippen LogP contribution in [0.25, 0.3) is 0 Å². The molecule has 0 saturated heterocycles. The molecule has 0 bridgehead atoms. The van der Waals surface area contributed by atoms with E-state index in [1.54, 1.807) is 18.2 Å². The Hall–Kier alpha value is -2.19. The van der Waals surface area contributed by atoms with Gasteiger partial charge in [-0.25, -0.2) is 8.42 Å². The van der Waals surface area contributed by atoms with Crippen LogP contribution in [-0.4, -0.2) is 46.0 Å². The van der Waals surface area contributed by atoms with Crippen molar-refractivity contribution in [1.82, 2.24) is 5.32 Å². The number of anilines is 1. The monoisotopic (exact) mass is 422 g/mol. The third-order valence-electron chi connectivity index (χ3n) is 4.02. The van der Waals surface area contributed by atoms with E-state index in [-0.39, 0.29) is 25.1 Å². The van der Waals surface area contributed by atoms with Crippen molar-refractivity contribution < 1.29 is 17.9 Å². The summed E-state index contributed by atoms with van der Waals surface area (Å²) < 4.78 is 31.3. The summed E-state index contributed by atoms with van der Waals surface area (Å²) in [6, 6.07) is 14.5. The van der Waals surface area contributed by atoms with E-state index in [9.17, 15) is 13.2 Å². The fraction of sp³-hybridized carbons (Fsp3) is 0.350. The van der Waals surface area contributed by atoms with Crippen LogP contribution in [0.2, 0.25) is 0 Å². The first-order valence-electron chi connectivity index (χ1n) is 8.80. The van der Waals surface area contributed by atoms with Gasteiger partial charge in [-0.1, -0.05) is 24.3 Å². The van der Waals surface area contributed by atoms with Crippen molar-refractivity contribution in [3.05, 3.63) is 54.1 Å². The number of thioether (sulfide) groups is 1. The molecule has 2 aromatic rings. The van der Waals surface area contributed by atoms with E-state index in [4.69, 9.17) is 4.74 Å². The number of nitrogens with one attached hydrogen (secondary N) is 1. The number of carbonyl (C=O) groups excluding carboxylic acids is 1. The molecule has 0 fully saturated rings. The normalized spacial score (nSPS) is 12.3. The average Bonchev–Trinajstić information content (AvgIpc) is 2.64. The number of aryl methyl sites for hydroxylation is 1. The third kappa shape index (κ3) is 6.45. The average molecular weight is 423 g/mol. The Morgan fingerprint density at radius 3 is 2.57 bits per heavy atom. The van der Waals surface area contributed by atoms with E-state index in [0.717, 1.165) is 26.8 Å². The highest BCUT2D eigenvalue weighted by atomic mass is 32.2. The van der Waals surface area contributed by atoms with Crippen molar-refractivity contribution in [3.8, 4) is 5.75 Å². The zero-order valence-electron chi connectivity index (χ0n) is 16.5. The van der Waals surface area contributed by atoms with E-state index in [1.807, 2.05) is 50.4 Å². The van der Waals surface area contributed by atoms with Crippen LogP contribution in [0.15, 0.2) is 53.4 Å². The first-order chi connectivity index (χ1) is 13.2. The number of ether oxygens (including phenoxy) is 1. The molecule has 28 heavy (non-hydrogen) atoms. The van der Waals surface area contributed by atoms with Gasteiger partial charge in [0, 0.05) is 4.90 Å². The van der Waals surface area contributed by atoms with E-state index in [1.165, 1.54) is 11.8 Å². The molecule has 1 amide bonds. The lowest BCUT2D eigenvalue weighted by atomic mass is 10.2. The maximum atomic E-state index is 12.4. The highest BCUT2D eigenvalue weighted by Crippen LogP contribution is 2.23. The molecule has 1 N–H and O–H groups in total. The van der Waals surface area contributed by atoms with Gasteiger partial charge in [0.2, 0.25) is 15.9 Å². The SMILES string of the molecule is CSc1cccc(N(CC(=O)NC(C)COc2ccccc2C)S(C)(=O)=O)c1.